The Morgan fingerprint density at radius 2 is 1.62 bits per heavy atom. The van der Waals surface area contributed by atoms with Gasteiger partial charge in [0.2, 0.25) is 0 Å². The number of carbonyl (C=O) groups is 1. The molecule has 2 aromatic carbocycles. The van der Waals surface area contributed by atoms with Crippen molar-refractivity contribution >= 4 is 15.8 Å². The molecule has 0 atom stereocenters. The molecule has 0 unspecified atom stereocenters. The van der Waals surface area contributed by atoms with Crippen LogP contribution in [0.4, 0.5) is 8.78 Å². The predicted octanol–water partition coefficient (Wildman–Crippen LogP) is 2.64. The summed E-state index contributed by atoms with van der Waals surface area (Å²) >= 11 is 0. The van der Waals surface area contributed by atoms with E-state index in [1.54, 1.807) is 0 Å². The molecule has 0 bridgehead atoms. The van der Waals surface area contributed by atoms with E-state index in [1.807, 2.05) is 0 Å². The molecule has 0 saturated heterocycles. The average molecular weight is 312 g/mol. The highest BCUT2D eigenvalue weighted by Crippen LogP contribution is 2.21. The Labute approximate surface area is 119 Å². The molecule has 21 heavy (non-hydrogen) atoms. The van der Waals surface area contributed by atoms with E-state index in [2.05, 4.69) is 0 Å². The zero-order chi connectivity index (χ0) is 15.6. The summed E-state index contributed by atoms with van der Waals surface area (Å²) in [7, 11) is -4.06. The van der Waals surface area contributed by atoms with Crippen LogP contribution in [-0.2, 0) is 15.6 Å². The SMILES string of the molecule is O=C(O)c1cccc(S(=O)(=O)Cc2c(F)cccc2F)c1. The summed E-state index contributed by atoms with van der Waals surface area (Å²) in [6, 6.07) is 7.67. The van der Waals surface area contributed by atoms with Crippen LogP contribution in [0.2, 0.25) is 0 Å². The number of hydrogen-bond acceptors (Lipinski definition) is 3. The number of rotatable bonds is 4. The van der Waals surface area contributed by atoms with Crippen molar-refractivity contribution in [1.29, 1.82) is 0 Å². The second-order valence-corrected chi connectivity index (χ2v) is 6.28. The summed E-state index contributed by atoms with van der Waals surface area (Å²) < 4.78 is 51.3. The van der Waals surface area contributed by atoms with Gasteiger partial charge in [-0.2, -0.15) is 0 Å². The van der Waals surface area contributed by atoms with Crippen molar-refractivity contribution in [2.75, 3.05) is 0 Å². The van der Waals surface area contributed by atoms with E-state index in [4.69, 9.17) is 5.11 Å². The van der Waals surface area contributed by atoms with Crippen molar-refractivity contribution in [3.63, 3.8) is 0 Å². The van der Waals surface area contributed by atoms with Crippen LogP contribution in [0.5, 0.6) is 0 Å². The molecule has 2 aromatic rings. The van der Waals surface area contributed by atoms with Crippen molar-refractivity contribution in [3.05, 3.63) is 65.2 Å². The van der Waals surface area contributed by atoms with Crippen LogP contribution >= 0.6 is 0 Å². The summed E-state index contributed by atoms with van der Waals surface area (Å²) in [4.78, 5) is 10.5. The van der Waals surface area contributed by atoms with Crippen LogP contribution in [-0.4, -0.2) is 19.5 Å². The number of carboxylic acid groups (broad SMARTS) is 1. The molecule has 0 heterocycles. The van der Waals surface area contributed by atoms with E-state index < -0.39 is 38.8 Å². The molecule has 0 aromatic heterocycles. The molecule has 0 aliphatic heterocycles. The lowest BCUT2D eigenvalue weighted by molar-refractivity contribution is 0.0696. The molecule has 0 amide bonds. The van der Waals surface area contributed by atoms with Gasteiger partial charge in [0.15, 0.2) is 9.84 Å². The molecule has 7 heteroatoms. The van der Waals surface area contributed by atoms with Crippen LogP contribution in [0, 0.1) is 11.6 Å². The van der Waals surface area contributed by atoms with E-state index >= 15 is 0 Å². The topological polar surface area (TPSA) is 71.4 Å². The number of benzene rings is 2. The fourth-order valence-corrected chi connectivity index (χ4v) is 3.18. The number of halogens is 2. The van der Waals surface area contributed by atoms with Crippen LogP contribution in [0.25, 0.3) is 0 Å². The molecule has 0 aliphatic rings. The van der Waals surface area contributed by atoms with Crippen molar-refractivity contribution in [2.24, 2.45) is 0 Å². The van der Waals surface area contributed by atoms with Crippen molar-refractivity contribution in [2.45, 2.75) is 10.6 Å². The van der Waals surface area contributed by atoms with Gasteiger partial charge in [-0.25, -0.2) is 22.0 Å². The third-order valence-corrected chi connectivity index (χ3v) is 4.48. The summed E-state index contributed by atoms with van der Waals surface area (Å²) in [6.45, 7) is 0. The second kappa shape index (κ2) is 5.61. The first-order valence-electron chi connectivity index (χ1n) is 5.80. The van der Waals surface area contributed by atoms with Crippen LogP contribution < -0.4 is 0 Å². The van der Waals surface area contributed by atoms with E-state index in [-0.39, 0.29) is 10.5 Å². The zero-order valence-corrected chi connectivity index (χ0v) is 11.4. The normalized spacial score (nSPS) is 11.3. The van der Waals surface area contributed by atoms with E-state index in [0.29, 0.717) is 0 Å². The first-order chi connectivity index (χ1) is 9.81. The Hall–Kier alpha value is -2.28. The van der Waals surface area contributed by atoms with Gasteiger partial charge in [-0.05, 0) is 30.3 Å². The summed E-state index contributed by atoms with van der Waals surface area (Å²) in [5.74, 6) is -4.10. The maximum absolute atomic E-state index is 13.5. The van der Waals surface area contributed by atoms with Crippen molar-refractivity contribution in [3.8, 4) is 0 Å². The van der Waals surface area contributed by atoms with E-state index in [1.165, 1.54) is 18.2 Å². The smallest absolute Gasteiger partial charge is 0.335 e. The molecule has 2 rings (SSSR count). The van der Waals surface area contributed by atoms with E-state index in [0.717, 1.165) is 24.3 Å². The van der Waals surface area contributed by atoms with Gasteiger partial charge in [0.05, 0.1) is 16.2 Å². The summed E-state index contributed by atoms with van der Waals surface area (Å²) in [6.07, 6.45) is 0. The number of carboxylic acids is 1. The lowest BCUT2D eigenvalue weighted by Crippen LogP contribution is -2.09. The van der Waals surface area contributed by atoms with Gasteiger partial charge >= 0.3 is 5.97 Å². The molecule has 4 nitrogen and oxygen atoms in total. The fourth-order valence-electron chi connectivity index (χ4n) is 1.77. The molecular formula is C14H10F2O4S. The summed E-state index contributed by atoms with van der Waals surface area (Å²) in [5.41, 5.74) is -0.789. The minimum absolute atomic E-state index is 0.218. The number of sulfone groups is 1. The van der Waals surface area contributed by atoms with Crippen molar-refractivity contribution in [1.82, 2.24) is 0 Å². The molecule has 0 saturated carbocycles. The molecule has 0 aliphatic carbocycles. The maximum Gasteiger partial charge on any atom is 0.335 e. The quantitative estimate of drug-likeness (QED) is 0.942. The molecule has 0 fully saturated rings. The Morgan fingerprint density at radius 3 is 2.19 bits per heavy atom. The first kappa shape index (κ1) is 15.1. The Kier molecular flexibility index (Phi) is 4.04. The van der Waals surface area contributed by atoms with Gasteiger partial charge in [-0.3, -0.25) is 0 Å². The molecule has 1 N–H and O–H groups in total. The minimum atomic E-state index is -4.06. The first-order valence-corrected chi connectivity index (χ1v) is 7.45. The van der Waals surface area contributed by atoms with Crippen LogP contribution in [0.3, 0.4) is 0 Å². The minimum Gasteiger partial charge on any atom is -0.478 e. The highest BCUT2D eigenvalue weighted by molar-refractivity contribution is 7.90. The van der Waals surface area contributed by atoms with Gasteiger partial charge in [-0.15, -0.1) is 0 Å². The number of aromatic carboxylic acids is 1. The fraction of sp³-hybridized carbons (Fsp3) is 0.0714. The molecular weight excluding hydrogens is 302 g/mol. The van der Waals surface area contributed by atoms with Crippen molar-refractivity contribution < 1.29 is 27.1 Å². The Bertz CT molecular complexity index is 780. The van der Waals surface area contributed by atoms with Gasteiger partial charge in [0, 0.05) is 5.56 Å². The highest BCUT2D eigenvalue weighted by Gasteiger charge is 2.21. The van der Waals surface area contributed by atoms with Crippen LogP contribution in [0.15, 0.2) is 47.4 Å². The maximum atomic E-state index is 13.5. The van der Waals surface area contributed by atoms with Gasteiger partial charge in [0.25, 0.3) is 0 Å². The molecule has 110 valence electrons. The van der Waals surface area contributed by atoms with Gasteiger partial charge in [0.1, 0.15) is 11.6 Å². The number of hydrogen-bond donors (Lipinski definition) is 1. The zero-order valence-electron chi connectivity index (χ0n) is 10.6. The average Bonchev–Trinajstić information content (AvgIpc) is 2.43. The summed E-state index contributed by atoms with van der Waals surface area (Å²) in [5, 5.41) is 8.84. The highest BCUT2D eigenvalue weighted by atomic mass is 32.2. The Balaban J connectivity index is 2.44. The lowest BCUT2D eigenvalue weighted by Gasteiger charge is -2.07. The third-order valence-electron chi connectivity index (χ3n) is 2.84. The van der Waals surface area contributed by atoms with Gasteiger partial charge < -0.3 is 5.11 Å². The van der Waals surface area contributed by atoms with E-state index in [9.17, 15) is 22.0 Å². The standard InChI is InChI=1S/C14H10F2O4S/c15-12-5-2-6-13(16)11(12)8-21(19,20)10-4-1-3-9(7-10)14(17)18/h1-7H,8H2,(H,17,18). The lowest BCUT2D eigenvalue weighted by atomic mass is 10.2. The largest absolute Gasteiger partial charge is 0.478 e. The molecule has 0 spiro atoms. The predicted molar refractivity (Wildman–Crippen MR) is 70.6 cm³/mol. The molecule has 0 radical (unpaired) electrons. The monoisotopic (exact) mass is 312 g/mol. The van der Waals surface area contributed by atoms with Gasteiger partial charge in [-0.1, -0.05) is 12.1 Å². The Morgan fingerprint density at radius 1 is 1.05 bits per heavy atom. The third kappa shape index (κ3) is 3.25. The van der Waals surface area contributed by atoms with Crippen LogP contribution in [0.1, 0.15) is 15.9 Å². The second-order valence-electron chi connectivity index (χ2n) is 4.29.